The van der Waals surface area contributed by atoms with Crippen LogP contribution in [0.15, 0.2) is 4.52 Å². The smallest absolute Gasteiger partial charge is 0.229 e. The maximum Gasteiger partial charge on any atom is 0.229 e. The lowest BCUT2D eigenvalue weighted by Gasteiger charge is -2.35. The van der Waals surface area contributed by atoms with Gasteiger partial charge in [0.1, 0.15) is 0 Å². The highest BCUT2D eigenvalue weighted by Gasteiger charge is 2.30. The molecule has 0 bridgehead atoms. The fourth-order valence-electron chi connectivity index (χ4n) is 2.95. The van der Waals surface area contributed by atoms with Crippen LogP contribution in [0.5, 0.6) is 0 Å². The van der Waals surface area contributed by atoms with E-state index in [1.165, 1.54) is 32.1 Å². The van der Waals surface area contributed by atoms with Gasteiger partial charge in [-0.1, -0.05) is 11.6 Å². The van der Waals surface area contributed by atoms with Gasteiger partial charge in [-0.05, 0) is 32.2 Å². The van der Waals surface area contributed by atoms with E-state index in [9.17, 15) is 0 Å². The van der Waals surface area contributed by atoms with Crippen LogP contribution in [-0.2, 0) is 11.3 Å². The van der Waals surface area contributed by atoms with Gasteiger partial charge in [-0.2, -0.15) is 4.98 Å². The molecule has 21 heavy (non-hydrogen) atoms. The van der Waals surface area contributed by atoms with Crippen LogP contribution in [0.3, 0.4) is 0 Å². The zero-order valence-corrected chi connectivity index (χ0v) is 12.9. The lowest BCUT2D eigenvalue weighted by molar-refractivity contribution is 0.129. The highest BCUT2D eigenvalue weighted by molar-refractivity contribution is 5.02. The minimum absolute atomic E-state index is 0.541. The maximum absolute atomic E-state index is 5.36. The third kappa shape index (κ3) is 4.25. The van der Waals surface area contributed by atoms with Crippen molar-refractivity contribution in [2.24, 2.45) is 0 Å². The highest BCUT2D eigenvalue weighted by atomic mass is 16.5. The molecule has 1 aromatic rings. The summed E-state index contributed by atoms with van der Waals surface area (Å²) in [4.78, 5) is 7.04. The molecule has 1 saturated heterocycles. The summed E-state index contributed by atoms with van der Waals surface area (Å²) < 4.78 is 10.4. The van der Waals surface area contributed by atoms with Gasteiger partial charge in [0.05, 0.1) is 13.2 Å². The van der Waals surface area contributed by atoms with Crippen LogP contribution in [0.2, 0.25) is 0 Å². The second-order valence-electron chi connectivity index (χ2n) is 6.14. The molecular weight excluding hydrogens is 268 g/mol. The first-order valence-electron chi connectivity index (χ1n) is 8.13. The van der Waals surface area contributed by atoms with E-state index in [4.69, 9.17) is 9.26 Å². The fourth-order valence-corrected chi connectivity index (χ4v) is 2.95. The van der Waals surface area contributed by atoms with Crippen molar-refractivity contribution in [2.45, 2.75) is 50.6 Å². The lowest BCUT2D eigenvalue weighted by atomic mass is 10.0. The summed E-state index contributed by atoms with van der Waals surface area (Å²) >= 11 is 0. The standard InChI is InChI=1S/C15H26N4O2/c1-20-9-7-16-10-13-4-2-3-8-19(13)11-14-17-15(21-18-14)12-5-6-12/h12-13,16H,2-11H2,1H3. The van der Waals surface area contributed by atoms with Gasteiger partial charge in [0.2, 0.25) is 5.89 Å². The van der Waals surface area contributed by atoms with E-state index in [1.807, 2.05) is 0 Å². The summed E-state index contributed by atoms with van der Waals surface area (Å²) in [5, 5.41) is 7.62. The molecule has 6 nitrogen and oxygen atoms in total. The van der Waals surface area contributed by atoms with Crippen molar-refractivity contribution in [3.8, 4) is 0 Å². The number of piperidine rings is 1. The first-order chi connectivity index (χ1) is 10.4. The number of hydrogen-bond donors (Lipinski definition) is 1. The Bertz CT molecular complexity index is 433. The molecule has 0 spiro atoms. The first kappa shape index (κ1) is 14.9. The Morgan fingerprint density at radius 2 is 2.24 bits per heavy atom. The largest absolute Gasteiger partial charge is 0.383 e. The second-order valence-corrected chi connectivity index (χ2v) is 6.14. The molecule has 6 heteroatoms. The monoisotopic (exact) mass is 294 g/mol. The van der Waals surface area contributed by atoms with Gasteiger partial charge in [0.25, 0.3) is 0 Å². The molecule has 3 rings (SSSR count). The predicted molar refractivity (Wildman–Crippen MR) is 79.1 cm³/mol. The Balaban J connectivity index is 1.50. The van der Waals surface area contributed by atoms with Crippen LogP contribution >= 0.6 is 0 Å². The summed E-state index contributed by atoms with van der Waals surface area (Å²) in [6.07, 6.45) is 6.23. The number of hydrogen-bond acceptors (Lipinski definition) is 6. The van der Waals surface area contributed by atoms with Gasteiger partial charge in [-0.3, -0.25) is 4.90 Å². The lowest BCUT2D eigenvalue weighted by Crippen LogP contribution is -2.45. The Hall–Kier alpha value is -0.980. The van der Waals surface area contributed by atoms with E-state index in [1.54, 1.807) is 7.11 Å². The summed E-state index contributed by atoms with van der Waals surface area (Å²) in [5.74, 6) is 2.23. The number of aromatic nitrogens is 2. The van der Waals surface area contributed by atoms with Crippen LogP contribution in [0.1, 0.15) is 49.7 Å². The molecule has 1 aromatic heterocycles. The molecular formula is C15H26N4O2. The molecule has 1 aliphatic heterocycles. The van der Waals surface area contributed by atoms with E-state index < -0.39 is 0 Å². The van der Waals surface area contributed by atoms with Gasteiger partial charge >= 0.3 is 0 Å². The zero-order valence-electron chi connectivity index (χ0n) is 12.9. The molecule has 2 fully saturated rings. The van der Waals surface area contributed by atoms with Crippen molar-refractivity contribution in [3.05, 3.63) is 11.7 Å². The van der Waals surface area contributed by atoms with Crippen molar-refractivity contribution in [3.63, 3.8) is 0 Å². The number of nitrogens with one attached hydrogen (secondary N) is 1. The van der Waals surface area contributed by atoms with Crippen molar-refractivity contribution in [1.82, 2.24) is 20.4 Å². The summed E-state index contributed by atoms with van der Waals surface area (Å²) in [5.41, 5.74) is 0. The average Bonchev–Trinajstić information content (AvgIpc) is 3.26. The molecule has 2 heterocycles. The van der Waals surface area contributed by atoms with Gasteiger partial charge in [0, 0.05) is 32.2 Å². The first-order valence-corrected chi connectivity index (χ1v) is 8.13. The molecule has 0 aromatic carbocycles. The zero-order chi connectivity index (χ0) is 14.5. The van der Waals surface area contributed by atoms with Gasteiger partial charge in [-0.25, -0.2) is 0 Å². The van der Waals surface area contributed by atoms with Crippen LogP contribution in [0.4, 0.5) is 0 Å². The summed E-state index contributed by atoms with van der Waals surface area (Å²) in [7, 11) is 1.74. The van der Waals surface area contributed by atoms with Crippen LogP contribution < -0.4 is 5.32 Å². The van der Waals surface area contributed by atoms with Crippen molar-refractivity contribution < 1.29 is 9.26 Å². The normalized spacial score (nSPS) is 23.6. The predicted octanol–water partition coefficient (Wildman–Crippen LogP) is 1.54. The summed E-state index contributed by atoms with van der Waals surface area (Å²) in [6.45, 7) is 4.63. The Morgan fingerprint density at radius 3 is 3.05 bits per heavy atom. The molecule has 1 unspecified atom stereocenters. The van der Waals surface area contributed by atoms with E-state index >= 15 is 0 Å². The minimum atomic E-state index is 0.541. The molecule has 0 amide bonds. The number of ether oxygens (including phenoxy) is 1. The molecule has 2 aliphatic rings. The molecule has 1 aliphatic carbocycles. The average molecular weight is 294 g/mol. The fraction of sp³-hybridized carbons (Fsp3) is 0.867. The van der Waals surface area contributed by atoms with Crippen LogP contribution in [-0.4, -0.2) is 54.4 Å². The quantitative estimate of drug-likeness (QED) is 0.734. The second kappa shape index (κ2) is 7.33. The molecule has 1 saturated carbocycles. The third-order valence-electron chi connectivity index (χ3n) is 4.37. The van der Waals surface area contributed by atoms with Gasteiger partial charge in [0.15, 0.2) is 5.82 Å². The number of rotatable bonds is 8. The number of nitrogens with zero attached hydrogens (tertiary/aromatic N) is 3. The van der Waals surface area contributed by atoms with Crippen LogP contribution in [0.25, 0.3) is 0 Å². The summed E-state index contributed by atoms with van der Waals surface area (Å²) in [6, 6.07) is 0.568. The van der Waals surface area contributed by atoms with E-state index in [-0.39, 0.29) is 0 Å². The van der Waals surface area contributed by atoms with Crippen molar-refractivity contribution >= 4 is 0 Å². The molecule has 0 radical (unpaired) electrons. The Kier molecular flexibility index (Phi) is 5.22. The SMILES string of the molecule is COCCNCC1CCCCN1Cc1noc(C2CC2)n1. The van der Waals surface area contributed by atoms with Crippen molar-refractivity contribution in [2.75, 3.05) is 33.4 Å². The van der Waals surface area contributed by atoms with E-state index in [2.05, 4.69) is 20.4 Å². The van der Waals surface area contributed by atoms with Gasteiger partial charge < -0.3 is 14.6 Å². The number of likely N-dealkylation sites (tertiary alicyclic amines) is 1. The van der Waals surface area contributed by atoms with Crippen LogP contribution in [0, 0.1) is 0 Å². The Labute approximate surface area is 126 Å². The molecule has 118 valence electrons. The topological polar surface area (TPSA) is 63.4 Å². The Morgan fingerprint density at radius 1 is 1.33 bits per heavy atom. The highest BCUT2D eigenvalue weighted by Crippen LogP contribution is 2.38. The molecule has 1 N–H and O–H groups in total. The van der Waals surface area contributed by atoms with Crippen molar-refractivity contribution in [1.29, 1.82) is 0 Å². The third-order valence-corrected chi connectivity index (χ3v) is 4.37. The van der Waals surface area contributed by atoms with E-state index in [0.29, 0.717) is 12.0 Å². The van der Waals surface area contributed by atoms with Gasteiger partial charge in [-0.15, -0.1) is 0 Å². The maximum atomic E-state index is 5.36. The molecule has 1 atom stereocenters. The minimum Gasteiger partial charge on any atom is -0.383 e. The number of methoxy groups -OCH3 is 1. The van der Waals surface area contributed by atoms with E-state index in [0.717, 1.165) is 44.5 Å².